The molecule has 1 aromatic carbocycles. The molecule has 0 radical (unpaired) electrons. The third-order valence-corrected chi connectivity index (χ3v) is 4.03. The first-order chi connectivity index (χ1) is 8.19. The lowest BCUT2D eigenvalue weighted by Gasteiger charge is -2.06. The van der Waals surface area contributed by atoms with Crippen LogP contribution in [0.1, 0.15) is 22.3 Å². The molecule has 94 valence electrons. The summed E-state index contributed by atoms with van der Waals surface area (Å²) in [5, 5.41) is 0. The van der Waals surface area contributed by atoms with E-state index in [9.17, 15) is 4.79 Å². The average molecular weight is 318 g/mol. The number of halogens is 1. The highest BCUT2D eigenvalue weighted by atomic mass is 79.9. The molecule has 0 spiro atoms. The number of hydrogen-bond acceptors (Lipinski definition) is 4. The van der Waals surface area contributed by atoms with E-state index in [0.29, 0.717) is 5.56 Å². The van der Waals surface area contributed by atoms with Gasteiger partial charge >= 0.3 is 0 Å². The zero-order chi connectivity index (χ0) is 12.7. The molecule has 0 bridgehead atoms. The quantitative estimate of drug-likeness (QED) is 0.322. The number of hydrogen-bond donors (Lipinski definition) is 3. The highest BCUT2D eigenvalue weighted by Crippen LogP contribution is 2.23. The van der Waals surface area contributed by atoms with Crippen LogP contribution in [0.2, 0.25) is 0 Å². The predicted octanol–water partition coefficient (Wildman–Crippen LogP) is 1.63. The largest absolute Gasteiger partial charge is 0.330 e. The lowest BCUT2D eigenvalue weighted by molar-refractivity contribution is 0.0953. The van der Waals surface area contributed by atoms with Crippen LogP contribution in [-0.2, 0) is 5.75 Å². The van der Waals surface area contributed by atoms with Crippen LogP contribution in [0.25, 0.3) is 0 Å². The van der Waals surface area contributed by atoms with Crippen molar-refractivity contribution in [2.24, 2.45) is 11.6 Å². The van der Waals surface area contributed by atoms with Gasteiger partial charge in [0, 0.05) is 15.8 Å². The monoisotopic (exact) mass is 317 g/mol. The number of nitrogen functional groups attached to an aromatic ring is 1. The smallest absolute Gasteiger partial charge is 0.265 e. The first-order valence-electron chi connectivity index (χ1n) is 5.26. The number of amides is 1. The summed E-state index contributed by atoms with van der Waals surface area (Å²) in [5.74, 6) is 6.75. The van der Waals surface area contributed by atoms with E-state index in [0.717, 1.165) is 28.9 Å². The highest BCUT2D eigenvalue weighted by Gasteiger charge is 2.06. The number of thioether (sulfide) groups is 1. The number of nitrogens with two attached hydrogens (primary N) is 2. The van der Waals surface area contributed by atoms with Gasteiger partial charge in [-0.3, -0.25) is 10.2 Å². The van der Waals surface area contributed by atoms with Crippen LogP contribution >= 0.6 is 27.7 Å². The summed E-state index contributed by atoms with van der Waals surface area (Å²) in [6.07, 6.45) is 1.02. The summed E-state index contributed by atoms with van der Waals surface area (Å²) in [5.41, 5.74) is 9.25. The van der Waals surface area contributed by atoms with Crippen molar-refractivity contribution in [1.82, 2.24) is 5.43 Å². The Morgan fingerprint density at radius 3 is 2.82 bits per heavy atom. The minimum atomic E-state index is -0.284. The molecule has 1 rings (SSSR count). The van der Waals surface area contributed by atoms with Crippen molar-refractivity contribution in [3.8, 4) is 0 Å². The lowest BCUT2D eigenvalue weighted by Crippen LogP contribution is -2.29. The summed E-state index contributed by atoms with van der Waals surface area (Å²) in [6.45, 7) is 0.726. The maximum absolute atomic E-state index is 11.3. The molecule has 0 aliphatic heterocycles. The van der Waals surface area contributed by atoms with Gasteiger partial charge in [0.2, 0.25) is 0 Å². The van der Waals surface area contributed by atoms with Crippen LogP contribution in [0, 0.1) is 0 Å². The number of rotatable bonds is 6. The maximum atomic E-state index is 11.3. The number of carbonyl (C=O) groups excluding carboxylic acids is 1. The number of carbonyl (C=O) groups is 1. The van der Waals surface area contributed by atoms with Crippen molar-refractivity contribution >= 4 is 33.6 Å². The van der Waals surface area contributed by atoms with Gasteiger partial charge in [0.05, 0.1) is 0 Å². The first kappa shape index (κ1) is 14.5. The summed E-state index contributed by atoms with van der Waals surface area (Å²) in [4.78, 5) is 11.3. The number of nitrogens with one attached hydrogen (secondary N) is 1. The fraction of sp³-hybridized carbons (Fsp3) is 0.364. The van der Waals surface area contributed by atoms with Crippen molar-refractivity contribution in [2.75, 3.05) is 12.3 Å². The molecule has 1 aromatic rings. The fourth-order valence-electron chi connectivity index (χ4n) is 1.26. The van der Waals surface area contributed by atoms with Crippen LogP contribution in [0.3, 0.4) is 0 Å². The zero-order valence-electron chi connectivity index (χ0n) is 9.41. The standard InChI is InChI=1S/C11H16BrN3OS/c12-10-6-8(11(16)15-14)2-3-9(10)7-17-5-1-4-13/h2-3,6H,1,4-5,7,13-14H2,(H,15,16). The molecular weight excluding hydrogens is 302 g/mol. The Labute approximate surface area is 114 Å². The van der Waals surface area contributed by atoms with Crippen molar-refractivity contribution in [2.45, 2.75) is 12.2 Å². The van der Waals surface area contributed by atoms with Crippen LogP contribution in [0.5, 0.6) is 0 Å². The van der Waals surface area contributed by atoms with E-state index >= 15 is 0 Å². The van der Waals surface area contributed by atoms with Gasteiger partial charge < -0.3 is 5.73 Å². The van der Waals surface area contributed by atoms with Gasteiger partial charge in [-0.1, -0.05) is 22.0 Å². The molecule has 6 heteroatoms. The summed E-state index contributed by atoms with van der Waals surface area (Å²) in [7, 11) is 0. The Balaban J connectivity index is 2.60. The molecule has 1 amide bonds. The third kappa shape index (κ3) is 4.67. The second-order valence-electron chi connectivity index (χ2n) is 3.47. The number of benzene rings is 1. The van der Waals surface area contributed by atoms with Gasteiger partial charge in [-0.15, -0.1) is 0 Å². The molecule has 5 N–H and O–H groups in total. The Morgan fingerprint density at radius 1 is 1.47 bits per heavy atom. The van der Waals surface area contributed by atoms with Gasteiger partial charge in [-0.2, -0.15) is 11.8 Å². The minimum absolute atomic E-state index is 0.284. The molecule has 4 nitrogen and oxygen atoms in total. The summed E-state index contributed by atoms with van der Waals surface area (Å²) >= 11 is 5.28. The van der Waals surface area contributed by atoms with Crippen LogP contribution in [-0.4, -0.2) is 18.2 Å². The second kappa shape index (κ2) is 7.71. The van der Waals surface area contributed by atoms with E-state index in [1.54, 1.807) is 12.1 Å². The topological polar surface area (TPSA) is 81.1 Å². The Morgan fingerprint density at radius 2 is 2.24 bits per heavy atom. The Kier molecular flexibility index (Phi) is 6.57. The molecule has 0 saturated heterocycles. The van der Waals surface area contributed by atoms with Crippen molar-refractivity contribution < 1.29 is 4.79 Å². The molecule has 0 aliphatic rings. The van der Waals surface area contributed by atoms with E-state index in [1.165, 1.54) is 5.56 Å². The van der Waals surface area contributed by atoms with Crippen molar-refractivity contribution in [3.63, 3.8) is 0 Å². The average Bonchev–Trinajstić information content (AvgIpc) is 2.35. The molecule has 17 heavy (non-hydrogen) atoms. The van der Waals surface area contributed by atoms with E-state index in [4.69, 9.17) is 11.6 Å². The van der Waals surface area contributed by atoms with Gasteiger partial charge in [0.1, 0.15) is 0 Å². The van der Waals surface area contributed by atoms with Gasteiger partial charge in [-0.05, 0) is 36.4 Å². The molecule has 0 heterocycles. The summed E-state index contributed by atoms with van der Waals surface area (Å²) in [6, 6.07) is 5.48. The lowest BCUT2D eigenvalue weighted by atomic mass is 10.1. The molecule has 0 atom stereocenters. The molecular formula is C11H16BrN3OS. The molecule has 0 saturated carbocycles. The summed E-state index contributed by atoms with van der Waals surface area (Å²) < 4.78 is 0.929. The highest BCUT2D eigenvalue weighted by molar-refractivity contribution is 9.10. The van der Waals surface area contributed by atoms with Crippen molar-refractivity contribution in [3.05, 3.63) is 33.8 Å². The molecule has 0 fully saturated rings. The first-order valence-corrected chi connectivity index (χ1v) is 7.21. The fourth-order valence-corrected chi connectivity index (χ4v) is 2.95. The Bertz CT molecular complexity index is 387. The van der Waals surface area contributed by atoms with E-state index < -0.39 is 0 Å². The number of hydrazine groups is 1. The minimum Gasteiger partial charge on any atom is -0.330 e. The van der Waals surface area contributed by atoms with Gasteiger partial charge in [0.15, 0.2) is 0 Å². The SMILES string of the molecule is NCCCSCc1ccc(C(=O)NN)cc1Br. The predicted molar refractivity (Wildman–Crippen MR) is 75.6 cm³/mol. The molecule has 0 aromatic heterocycles. The zero-order valence-corrected chi connectivity index (χ0v) is 11.8. The van der Waals surface area contributed by atoms with Crippen LogP contribution < -0.4 is 17.0 Å². The normalized spacial score (nSPS) is 10.3. The van der Waals surface area contributed by atoms with Crippen LogP contribution in [0.4, 0.5) is 0 Å². The van der Waals surface area contributed by atoms with E-state index in [-0.39, 0.29) is 5.91 Å². The molecule has 0 unspecified atom stereocenters. The van der Waals surface area contributed by atoms with Crippen molar-refractivity contribution in [1.29, 1.82) is 0 Å². The third-order valence-electron chi connectivity index (χ3n) is 2.20. The second-order valence-corrected chi connectivity index (χ2v) is 5.43. The Hall–Kier alpha value is -0.560. The van der Waals surface area contributed by atoms with Gasteiger partial charge in [-0.25, -0.2) is 5.84 Å². The van der Waals surface area contributed by atoms with E-state index in [2.05, 4.69) is 21.4 Å². The van der Waals surface area contributed by atoms with Crippen LogP contribution in [0.15, 0.2) is 22.7 Å². The van der Waals surface area contributed by atoms with Gasteiger partial charge in [0.25, 0.3) is 5.91 Å². The van der Waals surface area contributed by atoms with E-state index in [1.807, 2.05) is 17.8 Å². The molecule has 0 aliphatic carbocycles. The maximum Gasteiger partial charge on any atom is 0.265 e.